The molecule has 1 saturated heterocycles. The molecule has 0 N–H and O–H groups in total. The van der Waals surface area contributed by atoms with Crippen molar-refractivity contribution < 1.29 is 0 Å². The van der Waals surface area contributed by atoms with Gasteiger partial charge in [0.15, 0.2) is 0 Å². The van der Waals surface area contributed by atoms with Gasteiger partial charge >= 0.3 is 0 Å². The first-order valence-corrected chi connectivity index (χ1v) is 8.04. The number of fused-ring (bicyclic) bond motifs is 1. The summed E-state index contributed by atoms with van der Waals surface area (Å²) in [5.41, 5.74) is 2.60. The first-order valence-electron chi connectivity index (χ1n) is 7.22. The molecule has 0 atom stereocenters. The lowest BCUT2D eigenvalue weighted by Gasteiger charge is -2.27. The highest BCUT2D eigenvalue weighted by atomic mass is 32.1. The van der Waals surface area contributed by atoms with E-state index in [1.54, 1.807) is 0 Å². The highest BCUT2D eigenvalue weighted by Crippen LogP contribution is 2.34. The maximum Gasteiger partial charge on any atom is 0.0970 e. The molecular weight excluding hydrogens is 252 g/mol. The normalized spacial score (nSPS) is 18.5. The lowest BCUT2D eigenvalue weighted by atomic mass is 9.98. The monoisotopic (exact) mass is 274 g/mol. The minimum Gasteiger partial charge on any atom is -0.306 e. The molecule has 3 heteroatoms. The number of rotatable bonds is 2. The van der Waals surface area contributed by atoms with E-state index in [9.17, 15) is 0 Å². The molecule has 3 rings (SSSR count). The lowest BCUT2D eigenvalue weighted by Crippen LogP contribution is -2.29. The molecule has 1 aromatic carbocycles. The fourth-order valence-electron chi connectivity index (χ4n) is 2.75. The molecular formula is C16H22N2S. The Bertz CT molecular complexity index is 565. The van der Waals surface area contributed by atoms with Gasteiger partial charge in [-0.3, -0.25) is 0 Å². The van der Waals surface area contributed by atoms with Gasteiger partial charge in [0.2, 0.25) is 0 Å². The smallest absolute Gasteiger partial charge is 0.0970 e. The number of thiazole rings is 1. The van der Waals surface area contributed by atoms with Crippen LogP contribution in [0, 0.1) is 0 Å². The number of likely N-dealkylation sites (tertiary alicyclic amines) is 1. The van der Waals surface area contributed by atoms with Crippen LogP contribution in [0.4, 0.5) is 0 Å². The van der Waals surface area contributed by atoms with Gasteiger partial charge in [-0.25, -0.2) is 4.98 Å². The Morgan fingerprint density at radius 2 is 2.00 bits per heavy atom. The summed E-state index contributed by atoms with van der Waals surface area (Å²) in [6.45, 7) is 6.90. The van der Waals surface area contributed by atoms with E-state index in [1.807, 2.05) is 11.3 Å². The number of hydrogen-bond donors (Lipinski definition) is 0. The van der Waals surface area contributed by atoms with E-state index < -0.39 is 0 Å². The average Bonchev–Trinajstić information content (AvgIpc) is 2.82. The molecule has 19 heavy (non-hydrogen) atoms. The van der Waals surface area contributed by atoms with Crippen molar-refractivity contribution in [2.75, 3.05) is 20.1 Å². The first kappa shape index (κ1) is 13.1. The van der Waals surface area contributed by atoms with Crippen LogP contribution in [0.2, 0.25) is 0 Å². The molecule has 1 fully saturated rings. The summed E-state index contributed by atoms with van der Waals surface area (Å²) in [6, 6.07) is 6.78. The number of aromatic nitrogens is 1. The maximum absolute atomic E-state index is 4.90. The minimum absolute atomic E-state index is 0.581. The molecule has 1 aliphatic heterocycles. The van der Waals surface area contributed by atoms with Crippen molar-refractivity contribution >= 4 is 21.6 Å². The molecule has 0 amide bonds. The Hall–Kier alpha value is -0.930. The molecule has 102 valence electrons. The molecule has 2 heterocycles. The van der Waals surface area contributed by atoms with Gasteiger partial charge in [-0.1, -0.05) is 19.9 Å². The van der Waals surface area contributed by atoms with Crippen molar-refractivity contribution in [3.63, 3.8) is 0 Å². The quantitative estimate of drug-likeness (QED) is 0.814. The van der Waals surface area contributed by atoms with Crippen molar-refractivity contribution in [2.24, 2.45) is 0 Å². The topological polar surface area (TPSA) is 16.1 Å². The summed E-state index contributed by atoms with van der Waals surface area (Å²) in [7, 11) is 2.21. The predicted molar refractivity (Wildman–Crippen MR) is 83.2 cm³/mol. The summed E-state index contributed by atoms with van der Waals surface area (Å²) in [6.07, 6.45) is 2.51. The molecule has 0 spiro atoms. The highest BCUT2D eigenvalue weighted by Gasteiger charge is 2.21. The van der Waals surface area contributed by atoms with E-state index in [0.717, 1.165) is 0 Å². The van der Waals surface area contributed by atoms with E-state index in [2.05, 4.69) is 44.0 Å². The van der Waals surface area contributed by atoms with Gasteiger partial charge in [-0.2, -0.15) is 0 Å². The highest BCUT2D eigenvalue weighted by molar-refractivity contribution is 7.18. The lowest BCUT2D eigenvalue weighted by molar-refractivity contribution is 0.255. The molecule has 0 saturated carbocycles. The molecule has 2 aromatic rings. The Labute approximate surface area is 119 Å². The summed E-state index contributed by atoms with van der Waals surface area (Å²) in [5, 5.41) is 1.35. The van der Waals surface area contributed by atoms with E-state index in [1.165, 1.54) is 46.7 Å². The number of hydrogen-bond acceptors (Lipinski definition) is 3. The molecule has 0 unspecified atom stereocenters. The summed E-state index contributed by atoms with van der Waals surface area (Å²) in [5.74, 6) is 1.26. The van der Waals surface area contributed by atoms with Crippen molar-refractivity contribution in [2.45, 2.75) is 38.5 Å². The van der Waals surface area contributed by atoms with Crippen LogP contribution in [0.15, 0.2) is 18.2 Å². The minimum atomic E-state index is 0.581. The number of benzene rings is 1. The van der Waals surface area contributed by atoms with Crippen molar-refractivity contribution in [1.29, 1.82) is 0 Å². The van der Waals surface area contributed by atoms with Crippen LogP contribution in [0.25, 0.3) is 10.2 Å². The second kappa shape index (κ2) is 5.22. The second-order valence-electron chi connectivity index (χ2n) is 6.01. The zero-order valence-electron chi connectivity index (χ0n) is 12.0. The van der Waals surface area contributed by atoms with Crippen LogP contribution in [0.3, 0.4) is 0 Å². The molecule has 0 radical (unpaired) electrons. The van der Waals surface area contributed by atoms with Gasteiger partial charge in [-0.15, -0.1) is 11.3 Å². The van der Waals surface area contributed by atoms with Gasteiger partial charge in [0.25, 0.3) is 0 Å². The third kappa shape index (κ3) is 2.67. The van der Waals surface area contributed by atoms with Gasteiger partial charge in [0, 0.05) is 5.92 Å². The van der Waals surface area contributed by atoms with Crippen molar-refractivity contribution in [1.82, 2.24) is 9.88 Å². The Morgan fingerprint density at radius 1 is 1.26 bits per heavy atom. The number of piperidine rings is 1. The van der Waals surface area contributed by atoms with Crippen LogP contribution in [0.1, 0.15) is 49.1 Å². The van der Waals surface area contributed by atoms with Crippen LogP contribution >= 0.6 is 11.3 Å². The molecule has 1 aliphatic rings. The largest absolute Gasteiger partial charge is 0.306 e. The fourth-order valence-corrected chi connectivity index (χ4v) is 3.87. The van der Waals surface area contributed by atoms with E-state index >= 15 is 0 Å². The van der Waals surface area contributed by atoms with Crippen LogP contribution in [0.5, 0.6) is 0 Å². The van der Waals surface area contributed by atoms with E-state index in [0.29, 0.717) is 11.8 Å². The van der Waals surface area contributed by atoms with Gasteiger partial charge in [0.1, 0.15) is 0 Å². The SMILES string of the molecule is CC(C)c1ccc2sc(C3CCN(C)CC3)nc2c1. The summed E-state index contributed by atoms with van der Waals surface area (Å²) in [4.78, 5) is 7.32. The number of nitrogens with zero attached hydrogens (tertiary/aromatic N) is 2. The zero-order chi connectivity index (χ0) is 13.4. The fraction of sp³-hybridized carbons (Fsp3) is 0.562. The maximum atomic E-state index is 4.90. The first-order chi connectivity index (χ1) is 9.13. The molecule has 0 bridgehead atoms. The standard InChI is InChI=1S/C16H22N2S/c1-11(2)13-4-5-15-14(10-13)17-16(19-15)12-6-8-18(3)9-7-12/h4-5,10-12H,6-9H2,1-3H3. The zero-order valence-corrected chi connectivity index (χ0v) is 12.8. The Kier molecular flexibility index (Phi) is 3.59. The molecule has 1 aromatic heterocycles. The Morgan fingerprint density at radius 3 is 2.68 bits per heavy atom. The second-order valence-corrected chi connectivity index (χ2v) is 7.07. The third-order valence-corrected chi connectivity index (χ3v) is 5.36. The van der Waals surface area contributed by atoms with Crippen LogP contribution < -0.4 is 0 Å². The summed E-state index contributed by atoms with van der Waals surface area (Å²) < 4.78 is 1.35. The van der Waals surface area contributed by atoms with E-state index in [-0.39, 0.29) is 0 Å². The molecule has 2 nitrogen and oxygen atoms in total. The third-order valence-electron chi connectivity index (χ3n) is 4.16. The summed E-state index contributed by atoms with van der Waals surface area (Å²) >= 11 is 1.90. The van der Waals surface area contributed by atoms with Crippen molar-refractivity contribution in [3.05, 3.63) is 28.8 Å². The van der Waals surface area contributed by atoms with Gasteiger partial charge in [0.05, 0.1) is 15.2 Å². The van der Waals surface area contributed by atoms with Gasteiger partial charge in [-0.05, 0) is 56.6 Å². The predicted octanol–water partition coefficient (Wildman–Crippen LogP) is 4.23. The van der Waals surface area contributed by atoms with E-state index in [4.69, 9.17) is 4.98 Å². The van der Waals surface area contributed by atoms with Crippen LogP contribution in [-0.2, 0) is 0 Å². The van der Waals surface area contributed by atoms with Crippen molar-refractivity contribution in [3.8, 4) is 0 Å². The Balaban J connectivity index is 1.89. The van der Waals surface area contributed by atoms with Gasteiger partial charge < -0.3 is 4.90 Å². The molecule has 0 aliphatic carbocycles. The average molecular weight is 274 g/mol. The van der Waals surface area contributed by atoms with Crippen LogP contribution in [-0.4, -0.2) is 30.0 Å².